The van der Waals surface area contributed by atoms with Crippen molar-refractivity contribution in [3.8, 4) is 23.0 Å². The fourth-order valence-corrected chi connectivity index (χ4v) is 7.41. The molecule has 1 saturated heterocycles. The number of amides is 1. The number of hydrogen-bond donors (Lipinski definition) is 1. The van der Waals surface area contributed by atoms with Gasteiger partial charge < -0.3 is 24.1 Å². The Bertz CT molecular complexity index is 2020. The van der Waals surface area contributed by atoms with Crippen LogP contribution in [0.15, 0.2) is 107 Å². The summed E-state index contributed by atoms with van der Waals surface area (Å²) in [6.07, 6.45) is 0. The van der Waals surface area contributed by atoms with Gasteiger partial charge in [0.15, 0.2) is 27.3 Å². The average molecular weight is 694 g/mol. The van der Waals surface area contributed by atoms with E-state index in [1.54, 1.807) is 36.4 Å². The van der Waals surface area contributed by atoms with Crippen LogP contribution in [0.3, 0.4) is 0 Å². The first-order valence-electron chi connectivity index (χ1n) is 15.6. The fourth-order valence-electron chi connectivity index (χ4n) is 5.59. The molecule has 5 aromatic rings. The number of hydrogen-bond acceptors (Lipinski definition) is 11. The van der Waals surface area contributed by atoms with Crippen LogP contribution >= 0.6 is 23.1 Å². The molecule has 0 unspecified atom stereocenters. The Morgan fingerprint density at radius 3 is 2.37 bits per heavy atom. The molecule has 3 heterocycles. The molecule has 248 valence electrons. The van der Waals surface area contributed by atoms with Crippen LogP contribution in [0.2, 0.25) is 0 Å². The van der Waals surface area contributed by atoms with E-state index in [2.05, 4.69) is 10.2 Å². The van der Waals surface area contributed by atoms with Crippen molar-refractivity contribution in [3.05, 3.63) is 125 Å². The summed E-state index contributed by atoms with van der Waals surface area (Å²) in [5, 5.41) is 20.6. The number of thioether (sulfide) groups is 1. The molecule has 0 radical (unpaired) electrons. The van der Waals surface area contributed by atoms with Crippen LogP contribution in [-0.4, -0.2) is 46.8 Å². The van der Waals surface area contributed by atoms with Gasteiger partial charge in [-0.2, -0.15) is 0 Å². The first-order valence-corrected chi connectivity index (χ1v) is 17.4. The van der Waals surface area contributed by atoms with Crippen molar-refractivity contribution in [2.75, 3.05) is 24.7 Å². The molecule has 1 aromatic heterocycles. The van der Waals surface area contributed by atoms with E-state index < -0.39 is 17.7 Å². The van der Waals surface area contributed by atoms with E-state index in [1.165, 1.54) is 28.0 Å². The Morgan fingerprint density at radius 2 is 1.61 bits per heavy atom. The topological polar surface area (TPSA) is 120 Å². The smallest absolute Gasteiger partial charge is 0.301 e. The molecule has 1 fully saturated rings. The van der Waals surface area contributed by atoms with Crippen LogP contribution in [-0.2, 0) is 21.9 Å². The van der Waals surface area contributed by atoms with Gasteiger partial charge in [-0.3, -0.25) is 14.5 Å². The number of nitrogens with zero attached hydrogens (tertiary/aromatic N) is 3. The number of aliphatic hydroxyl groups is 1. The predicted molar refractivity (Wildman–Crippen MR) is 187 cm³/mol. The molecule has 1 atom stereocenters. The Balaban J connectivity index is 1.28. The Hall–Kier alpha value is -5.33. The Labute approximate surface area is 290 Å². The lowest BCUT2D eigenvalue weighted by Gasteiger charge is -2.24. The molecule has 49 heavy (non-hydrogen) atoms. The summed E-state index contributed by atoms with van der Waals surface area (Å²) in [6.45, 7) is 3.28. The molecule has 7 rings (SSSR count). The third kappa shape index (κ3) is 6.83. The van der Waals surface area contributed by atoms with Gasteiger partial charge in [0.1, 0.15) is 25.6 Å². The standard InChI is InChI=1S/C37H31N3O7S2/c1-2-44-29-19-25(13-15-28(29)47-21-23-9-5-3-6-10-23)32-31(33(41)26-14-16-27-30(20-26)46-18-17-45-27)34(42)35(43)40(32)36-38-39-37(49-36)48-22-24-11-7-4-8-12-24/h3-16,19-20,32,41H,2,17-18,21-22H2,1H3/t32-/m1/s1. The van der Waals surface area contributed by atoms with Gasteiger partial charge in [-0.05, 0) is 53.9 Å². The SMILES string of the molecule is CCOc1cc([C@@H]2C(=C(O)c3ccc4c(c3)OCCO4)C(=O)C(=O)N2c2nnc(SCc3ccccc3)s2)ccc1OCc1ccccc1. The van der Waals surface area contributed by atoms with Crippen molar-refractivity contribution in [1.82, 2.24) is 10.2 Å². The Morgan fingerprint density at radius 1 is 0.878 bits per heavy atom. The second-order valence-corrected chi connectivity index (χ2v) is 13.2. The number of benzene rings is 4. The van der Waals surface area contributed by atoms with Crippen LogP contribution in [0.1, 0.15) is 35.2 Å². The summed E-state index contributed by atoms with van der Waals surface area (Å²) in [5.41, 5.74) is 2.82. The summed E-state index contributed by atoms with van der Waals surface area (Å²) in [7, 11) is 0. The normalized spacial score (nSPS) is 16.5. The minimum Gasteiger partial charge on any atom is -0.507 e. The number of carbonyl (C=O) groups excluding carboxylic acids is 2. The molecule has 10 nitrogen and oxygen atoms in total. The number of aliphatic hydroxyl groups excluding tert-OH is 1. The van der Waals surface area contributed by atoms with Crippen LogP contribution in [0, 0.1) is 0 Å². The quantitative estimate of drug-likeness (QED) is 0.0500. The van der Waals surface area contributed by atoms with E-state index in [0.29, 0.717) is 70.6 Å². The lowest BCUT2D eigenvalue weighted by molar-refractivity contribution is -0.132. The zero-order chi connectivity index (χ0) is 33.7. The minimum absolute atomic E-state index is 0.101. The number of ether oxygens (including phenoxy) is 4. The lowest BCUT2D eigenvalue weighted by Crippen LogP contribution is -2.29. The number of fused-ring (bicyclic) bond motifs is 1. The number of aromatic nitrogens is 2. The van der Waals surface area contributed by atoms with E-state index >= 15 is 0 Å². The molecule has 0 bridgehead atoms. The molecule has 1 amide bonds. The van der Waals surface area contributed by atoms with Crippen LogP contribution in [0.5, 0.6) is 23.0 Å². The largest absolute Gasteiger partial charge is 0.507 e. The van der Waals surface area contributed by atoms with Gasteiger partial charge in [0.2, 0.25) is 5.13 Å². The van der Waals surface area contributed by atoms with Crippen molar-refractivity contribution in [2.45, 2.75) is 29.7 Å². The summed E-state index contributed by atoms with van der Waals surface area (Å²) < 4.78 is 24.1. The van der Waals surface area contributed by atoms with E-state index in [0.717, 1.165) is 11.1 Å². The van der Waals surface area contributed by atoms with Gasteiger partial charge in [0.25, 0.3) is 5.78 Å². The van der Waals surface area contributed by atoms with Crippen molar-refractivity contribution in [2.24, 2.45) is 0 Å². The summed E-state index contributed by atoms with van der Waals surface area (Å²) >= 11 is 2.68. The number of carbonyl (C=O) groups is 2. The molecule has 2 aliphatic heterocycles. The third-order valence-corrected chi connectivity index (χ3v) is 10.0. The van der Waals surface area contributed by atoms with E-state index in [9.17, 15) is 14.7 Å². The van der Waals surface area contributed by atoms with Crippen LogP contribution < -0.4 is 23.8 Å². The third-order valence-electron chi connectivity index (χ3n) is 7.89. The molecule has 0 spiro atoms. The van der Waals surface area contributed by atoms with Crippen molar-refractivity contribution in [3.63, 3.8) is 0 Å². The number of anilines is 1. The monoisotopic (exact) mass is 693 g/mol. The lowest BCUT2D eigenvalue weighted by atomic mass is 9.95. The number of rotatable bonds is 11. The molecular weight excluding hydrogens is 663 g/mol. The Kier molecular flexibility index (Phi) is 9.49. The van der Waals surface area contributed by atoms with Gasteiger partial charge in [-0.15, -0.1) is 10.2 Å². The first-order chi connectivity index (χ1) is 24.0. The fraction of sp³-hybridized carbons (Fsp3) is 0.189. The van der Waals surface area contributed by atoms with Gasteiger partial charge in [0, 0.05) is 11.3 Å². The zero-order valence-corrected chi connectivity index (χ0v) is 28.0. The van der Waals surface area contributed by atoms with Crippen molar-refractivity contribution >= 4 is 45.7 Å². The molecule has 12 heteroatoms. The van der Waals surface area contributed by atoms with E-state index in [4.69, 9.17) is 18.9 Å². The van der Waals surface area contributed by atoms with Gasteiger partial charge in [0.05, 0.1) is 18.2 Å². The molecule has 1 N–H and O–H groups in total. The first kappa shape index (κ1) is 32.2. The highest BCUT2D eigenvalue weighted by atomic mass is 32.2. The second-order valence-electron chi connectivity index (χ2n) is 11.1. The molecule has 4 aromatic carbocycles. The predicted octanol–water partition coefficient (Wildman–Crippen LogP) is 7.21. The van der Waals surface area contributed by atoms with Gasteiger partial charge in [-0.1, -0.05) is 89.8 Å². The van der Waals surface area contributed by atoms with E-state index in [1.807, 2.05) is 67.6 Å². The summed E-state index contributed by atoms with van der Waals surface area (Å²) in [4.78, 5) is 29.0. The minimum atomic E-state index is -1.05. The van der Waals surface area contributed by atoms with Crippen molar-refractivity contribution in [1.29, 1.82) is 0 Å². The highest BCUT2D eigenvalue weighted by molar-refractivity contribution is 8.00. The maximum absolute atomic E-state index is 13.9. The maximum atomic E-state index is 13.9. The van der Waals surface area contributed by atoms with Crippen LogP contribution in [0.4, 0.5) is 5.13 Å². The second kappa shape index (κ2) is 14.4. The highest BCUT2D eigenvalue weighted by Gasteiger charge is 2.48. The number of Topliss-reactive ketones (excluding diaryl/α,β-unsaturated/α-hetero) is 1. The van der Waals surface area contributed by atoms with E-state index in [-0.39, 0.29) is 16.5 Å². The highest BCUT2D eigenvalue weighted by Crippen LogP contribution is 2.46. The zero-order valence-electron chi connectivity index (χ0n) is 26.4. The van der Waals surface area contributed by atoms with Crippen LogP contribution in [0.25, 0.3) is 5.76 Å². The van der Waals surface area contributed by atoms with Gasteiger partial charge >= 0.3 is 5.91 Å². The van der Waals surface area contributed by atoms with Gasteiger partial charge in [-0.25, -0.2) is 0 Å². The molecule has 0 saturated carbocycles. The maximum Gasteiger partial charge on any atom is 0.301 e. The number of ketones is 1. The molecule has 2 aliphatic rings. The van der Waals surface area contributed by atoms with Crippen molar-refractivity contribution < 1.29 is 33.6 Å². The molecule has 0 aliphatic carbocycles. The summed E-state index contributed by atoms with van der Waals surface area (Å²) in [6, 6.07) is 28.8. The summed E-state index contributed by atoms with van der Waals surface area (Å²) in [5.74, 6) is 0.504. The molecular formula is C37H31N3O7S2. The average Bonchev–Trinajstić information content (AvgIpc) is 3.72.